The summed E-state index contributed by atoms with van der Waals surface area (Å²) in [4.78, 5) is 0. The summed E-state index contributed by atoms with van der Waals surface area (Å²) < 4.78 is 277. The molecule has 33 heavy (non-hydrogen) atoms. The lowest BCUT2D eigenvalue weighted by Gasteiger charge is -2.41. The highest BCUT2D eigenvalue weighted by atomic mass is 19.4. The second-order valence-corrected chi connectivity index (χ2v) is 6.03. The first-order valence-corrected chi connectivity index (χ1v) is 6.86. The summed E-state index contributed by atoms with van der Waals surface area (Å²) in [6, 6.07) is 0. The van der Waals surface area contributed by atoms with Gasteiger partial charge >= 0.3 is 59.7 Å². The average molecular weight is 552 g/mol. The number of rotatable bonds is 8. The number of hydrogen-bond acceptors (Lipinski definition) is 0. The van der Waals surface area contributed by atoms with Gasteiger partial charge in [0.1, 0.15) is 0 Å². The summed E-state index contributed by atoms with van der Waals surface area (Å²) >= 11 is 0. The van der Waals surface area contributed by atoms with Crippen molar-refractivity contribution in [3.05, 3.63) is 0 Å². The fourth-order valence-corrected chi connectivity index (χ4v) is 1.71. The monoisotopic (exact) mass is 552 g/mol. The third-order valence-electron chi connectivity index (χ3n) is 3.65. The highest BCUT2D eigenvalue weighted by Crippen LogP contribution is 2.62. The average Bonchev–Trinajstić information content (AvgIpc) is 2.50. The van der Waals surface area contributed by atoms with Crippen LogP contribution in [-0.4, -0.2) is 59.7 Å². The van der Waals surface area contributed by atoms with E-state index < -0.39 is 66.2 Å². The molecule has 0 heterocycles. The van der Waals surface area contributed by atoms with Crippen LogP contribution < -0.4 is 0 Å². The van der Waals surface area contributed by atoms with Crippen molar-refractivity contribution >= 4 is 0 Å². The Labute approximate surface area is 164 Å². The standard InChI is InChI=1S/C11H2F22/c12-2(13,4(16,17)6(20,21)8(24,25)10(28,29)30)1-3(14,15)5(18,19)7(22,23)9(26,27)11(31,32)33/h1H2. The van der Waals surface area contributed by atoms with E-state index in [-0.39, 0.29) is 0 Å². The highest BCUT2D eigenvalue weighted by molar-refractivity contribution is 5.11. The van der Waals surface area contributed by atoms with Crippen molar-refractivity contribution in [1.29, 1.82) is 0 Å². The van der Waals surface area contributed by atoms with Crippen LogP contribution in [0, 0.1) is 0 Å². The van der Waals surface area contributed by atoms with Crippen molar-refractivity contribution in [2.75, 3.05) is 0 Å². The number of alkyl halides is 22. The molecule has 0 unspecified atom stereocenters. The molecule has 0 saturated carbocycles. The van der Waals surface area contributed by atoms with Crippen LogP contribution in [0.5, 0.6) is 0 Å². The van der Waals surface area contributed by atoms with E-state index in [4.69, 9.17) is 0 Å². The number of hydrogen-bond donors (Lipinski definition) is 0. The van der Waals surface area contributed by atoms with Gasteiger partial charge in [-0.25, -0.2) is 0 Å². The van der Waals surface area contributed by atoms with Gasteiger partial charge in [-0.15, -0.1) is 0 Å². The lowest BCUT2D eigenvalue weighted by atomic mass is 9.89. The van der Waals surface area contributed by atoms with E-state index in [1.165, 1.54) is 0 Å². The van der Waals surface area contributed by atoms with Crippen molar-refractivity contribution in [1.82, 2.24) is 0 Å². The maximum absolute atomic E-state index is 13.2. The zero-order valence-corrected chi connectivity index (χ0v) is 14.0. The summed E-state index contributed by atoms with van der Waals surface area (Å²) in [6.45, 7) is 0. The molecule has 0 aromatic rings. The summed E-state index contributed by atoms with van der Waals surface area (Å²) in [6.07, 6.45) is -21.0. The van der Waals surface area contributed by atoms with Gasteiger partial charge in [0, 0.05) is 0 Å². The van der Waals surface area contributed by atoms with Gasteiger partial charge in [0.15, 0.2) is 0 Å². The first-order valence-electron chi connectivity index (χ1n) is 6.86. The summed E-state index contributed by atoms with van der Waals surface area (Å²) in [7, 11) is 0. The van der Waals surface area contributed by atoms with E-state index in [1.807, 2.05) is 0 Å². The fraction of sp³-hybridized carbons (Fsp3) is 1.00. The SMILES string of the molecule is FC(F)(F)C(F)(F)C(F)(F)C(F)(F)C(F)(F)CC(F)(F)C(F)(F)C(F)(F)C(F)(F)C(F)(F)F. The molecule has 0 bridgehead atoms. The zero-order chi connectivity index (χ0) is 27.7. The first-order chi connectivity index (χ1) is 13.7. The van der Waals surface area contributed by atoms with Crippen molar-refractivity contribution < 1.29 is 96.6 Å². The molecule has 0 aliphatic heterocycles. The maximum atomic E-state index is 13.2. The van der Waals surface area contributed by atoms with Crippen LogP contribution in [0.3, 0.4) is 0 Å². The first kappa shape index (κ1) is 31.5. The second kappa shape index (κ2) is 7.48. The molecule has 0 saturated heterocycles. The molecule has 0 atom stereocenters. The molecule has 0 amide bonds. The Morgan fingerprint density at radius 2 is 0.424 bits per heavy atom. The summed E-state index contributed by atoms with van der Waals surface area (Å²) in [5.74, 6) is -66.3. The van der Waals surface area contributed by atoms with E-state index in [0.717, 1.165) is 0 Å². The molecule has 0 N–H and O–H groups in total. The van der Waals surface area contributed by atoms with Crippen molar-refractivity contribution in [2.45, 2.75) is 66.2 Å². The molecule has 0 aromatic carbocycles. The molecule has 0 aromatic heterocycles. The van der Waals surface area contributed by atoms with Gasteiger partial charge in [-0.2, -0.15) is 96.6 Å². The summed E-state index contributed by atoms with van der Waals surface area (Å²) in [5, 5.41) is 0. The van der Waals surface area contributed by atoms with Gasteiger partial charge in [0.2, 0.25) is 0 Å². The normalized spacial score (nSPS) is 16.9. The van der Waals surface area contributed by atoms with Crippen LogP contribution in [0.25, 0.3) is 0 Å². The Balaban J connectivity index is 6.59. The smallest absolute Gasteiger partial charge is 0.199 e. The maximum Gasteiger partial charge on any atom is 0.460 e. The molecule has 0 nitrogen and oxygen atoms in total. The lowest BCUT2D eigenvalue weighted by Crippen LogP contribution is -2.70. The van der Waals surface area contributed by atoms with E-state index in [2.05, 4.69) is 0 Å². The van der Waals surface area contributed by atoms with Crippen LogP contribution in [-0.2, 0) is 0 Å². The summed E-state index contributed by atoms with van der Waals surface area (Å²) in [5.41, 5.74) is 0. The predicted molar refractivity (Wildman–Crippen MR) is 56.3 cm³/mol. The van der Waals surface area contributed by atoms with E-state index in [1.54, 1.807) is 0 Å². The van der Waals surface area contributed by atoms with Crippen LogP contribution in [0.15, 0.2) is 0 Å². The molecule has 0 rings (SSSR count). The Morgan fingerprint density at radius 1 is 0.242 bits per heavy atom. The third-order valence-corrected chi connectivity index (χ3v) is 3.65. The van der Waals surface area contributed by atoms with Gasteiger partial charge in [-0.3, -0.25) is 0 Å². The second-order valence-electron chi connectivity index (χ2n) is 6.03. The minimum absolute atomic E-state index is 5.33. The molecular weight excluding hydrogens is 550 g/mol. The Morgan fingerprint density at radius 3 is 0.576 bits per heavy atom. The highest BCUT2D eigenvalue weighted by Gasteiger charge is 2.91. The molecule has 0 aliphatic rings. The van der Waals surface area contributed by atoms with E-state index in [9.17, 15) is 96.6 Å². The number of halogens is 22. The van der Waals surface area contributed by atoms with Gasteiger partial charge in [0.05, 0.1) is 6.42 Å². The minimum atomic E-state index is -8.48. The van der Waals surface area contributed by atoms with Gasteiger partial charge in [-0.1, -0.05) is 0 Å². The molecule has 0 aliphatic carbocycles. The zero-order valence-electron chi connectivity index (χ0n) is 14.0. The Hall–Kier alpha value is -1.54. The van der Waals surface area contributed by atoms with Gasteiger partial charge in [0.25, 0.3) is 0 Å². The lowest BCUT2D eigenvalue weighted by molar-refractivity contribution is -0.440. The van der Waals surface area contributed by atoms with Crippen LogP contribution in [0.2, 0.25) is 0 Å². The quantitative estimate of drug-likeness (QED) is 0.273. The topological polar surface area (TPSA) is 0 Å². The Bertz CT molecular complexity index is 643. The predicted octanol–water partition coefficient (Wildman–Crippen LogP) is 7.58. The Kier molecular flexibility index (Phi) is 7.13. The van der Waals surface area contributed by atoms with Crippen LogP contribution >= 0.6 is 0 Å². The largest absolute Gasteiger partial charge is 0.460 e. The minimum Gasteiger partial charge on any atom is -0.199 e. The van der Waals surface area contributed by atoms with Gasteiger partial charge < -0.3 is 0 Å². The molecule has 0 radical (unpaired) electrons. The van der Waals surface area contributed by atoms with Crippen LogP contribution in [0.4, 0.5) is 96.6 Å². The van der Waals surface area contributed by atoms with Crippen LogP contribution in [0.1, 0.15) is 6.42 Å². The molecule has 0 spiro atoms. The molecule has 200 valence electrons. The van der Waals surface area contributed by atoms with Crippen molar-refractivity contribution in [3.8, 4) is 0 Å². The fourth-order valence-electron chi connectivity index (χ4n) is 1.71. The molecular formula is C11H2F22. The van der Waals surface area contributed by atoms with Crippen molar-refractivity contribution in [3.63, 3.8) is 0 Å². The van der Waals surface area contributed by atoms with Gasteiger partial charge in [-0.05, 0) is 0 Å². The molecule has 22 heteroatoms. The van der Waals surface area contributed by atoms with E-state index in [0.29, 0.717) is 0 Å². The van der Waals surface area contributed by atoms with E-state index >= 15 is 0 Å². The third kappa shape index (κ3) is 4.22. The van der Waals surface area contributed by atoms with Crippen molar-refractivity contribution in [2.24, 2.45) is 0 Å². The molecule has 0 fully saturated rings.